The molecule has 8 nitrogen and oxygen atoms in total. The molecule has 0 bridgehead atoms. The third-order valence-electron chi connectivity index (χ3n) is 5.17. The molecule has 2 aliphatic heterocycles. The summed E-state index contributed by atoms with van der Waals surface area (Å²) < 4.78 is 11.1. The van der Waals surface area contributed by atoms with Gasteiger partial charge in [0.25, 0.3) is 5.22 Å². The SMILES string of the molecule is O=C(CSc1nc2ccccc2o1)N1CCc2cnc(N3CCOCC3)nc2C1. The molecule has 2 aliphatic rings. The van der Waals surface area contributed by atoms with Crippen molar-refractivity contribution in [2.45, 2.75) is 18.2 Å². The largest absolute Gasteiger partial charge is 0.431 e. The maximum absolute atomic E-state index is 12.7. The molecule has 150 valence electrons. The minimum Gasteiger partial charge on any atom is -0.431 e. The molecule has 0 atom stereocenters. The lowest BCUT2D eigenvalue weighted by Gasteiger charge is -2.30. The lowest BCUT2D eigenvalue weighted by atomic mass is 10.1. The van der Waals surface area contributed by atoms with E-state index < -0.39 is 0 Å². The molecule has 1 saturated heterocycles. The standard InChI is InChI=1S/C20H21N5O3S/c26-18(13-29-20-23-15-3-1-2-4-17(15)28-20)25-6-5-14-11-21-19(22-16(14)12-25)24-7-9-27-10-8-24/h1-4,11H,5-10,12-13H2. The molecule has 1 amide bonds. The van der Waals surface area contributed by atoms with Gasteiger partial charge in [-0.1, -0.05) is 23.9 Å². The molecule has 1 aromatic carbocycles. The van der Waals surface area contributed by atoms with Crippen LogP contribution in [0.4, 0.5) is 5.95 Å². The number of morpholine rings is 1. The van der Waals surface area contributed by atoms with Crippen LogP contribution in [0.1, 0.15) is 11.3 Å². The van der Waals surface area contributed by atoms with Crippen LogP contribution in [0.25, 0.3) is 11.1 Å². The van der Waals surface area contributed by atoms with E-state index in [0.29, 0.717) is 37.3 Å². The average Bonchev–Trinajstić information content (AvgIpc) is 3.20. The van der Waals surface area contributed by atoms with Gasteiger partial charge in [-0.2, -0.15) is 0 Å². The zero-order chi connectivity index (χ0) is 19.6. The van der Waals surface area contributed by atoms with Crippen molar-refractivity contribution >= 4 is 34.7 Å². The van der Waals surface area contributed by atoms with Crippen LogP contribution in [0.2, 0.25) is 0 Å². The third kappa shape index (κ3) is 3.92. The van der Waals surface area contributed by atoms with Gasteiger partial charge in [0.1, 0.15) is 5.52 Å². The number of fused-ring (bicyclic) bond motifs is 2. The molecule has 0 N–H and O–H groups in total. The van der Waals surface area contributed by atoms with Crippen LogP contribution in [-0.4, -0.2) is 64.4 Å². The van der Waals surface area contributed by atoms with E-state index in [9.17, 15) is 4.79 Å². The zero-order valence-electron chi connectivity index (χ0n) is 15.9. The molecular formula is C20H21N5O3S. The zero-order valence-corrected chi connectivity index (χ0v) is 16.7. The summed E-state index contributed by atoms with van der Waals surface area (Å²) in [7, 11) is 0. The fourth-order valence-corrected chi connectivity index (χ4v) is 4.29. The highest BCUT2D eigenvalue weighted by Gasteiger charge is 2.24. The summed E-state index contributed by atoms with van der Waals surface area (Å²) >= 11 is 1.33. The van der Waals surface area contributed by atoms with Gasteiger partial charge < -0.3 is 19.0 Å². The third-order valence-corrected chi connectivity index (χ3v) is 5.99. The molecule has 4 heterocycles. The van der Waals surface area contributed by atoms with Crippen molar-refractivity contribution in [3.63, 3.8) is 0 Å². The molecule has 0 radical (unpaired) electrons. The fraction of sp³-hybridized carbons (Fsp3) is 0.400. The number of amides is 1. The Kier molecular flexibility index (Phi) is 5.07. The van der Waals surface area contributed by atoms with Gasteiger partial charge in [0, 0.05) is 25.8 Å². The Labute approximate surface area is 172 Å². The molecule has 0 spiro atoms. The molecular weight excluding hydrogens is 390 g/mol. The Morgan fingerprint density at radius 2 is 2.00 bits per heavy atom. The van der Waals surface area contributed by atoms with E-state index in [1.54, 1.807) is 0 Å². The van der Waals surface area contributed by atoms with Crippen molar-refractivity contribution < 1.29 is 13.9 Å². The maximum atomic E-state index is 12.7. The number of rotatable bonds is 4. The molecule has 2 aromatic heterocycles. The number of anilines is 1. The van der Waals surface area contributed by atoms with Gasteiger partial charge in [-0.25, -0.2) is 15.0 Å². The van der Waals surface area contributed by atoms with Crippen LogP contribution >= 0.6 is 11.8 Å². The second-order valence-corrected chi connectivity index (χ2v) is 7.97. The summed E-state index contributed by atoms with van der Waals surface area (Å²) in [6, 6.07) is 7.60. The second-order valence-electron chi connectivity index (χ2n) is 7.04. The summed E-state index contributed by atoms with van der Waals surface area (Å²) in [6.07, 6.45) is 2.68. The van der Waals surface area contributed by atoms with Crippen molar-refractivity contribution in [1.29, 1.82) is 0 Å². The molecule has 29 heavy (non-hydrogen) atoms. The topological polar surface area (TPSA) is 84.6 Å². The smallest absolute Gasteiger partial charge is 0.257 e. The Bertz CT molecular complexity index is 1000. The predicted octanol–water partition coefficient (Wildman–Crippen LogP) is 2.13. The van der Waals surface area contributed by atoms with E-state index in [1.807, 2.05) is 35.4 Å². The highest BCUT2D eigenvalue weighted by molar-refractivity contribution is 7.99. The van der Waals surface area contributed by atoms with E-state index in [-0.39, 0.29) is 5.91 Å². The number of ether oxygens (including phenoxy) is 1. The van der Waals surface area contributed by atoms with Crippen molar-refractivity contribution in [3.8, 4) is 0 Å². The normalized spacial score (nSPS) is 16.8. The number of nitrogens with zero attached hydrogens (tertiary/aromatic N) is 5. The van der Waals surface area contributed by atoms with Crippen LogP contribution in [0, 0.1) is 0 Å². The van der Waals surface area contributed by atoms with E-state index in [4.69, 9.17) is 14.1 Å². The molecule has 3 aromatic rings. The Balaban J connectivity index is 1.24. The Hall–Kier alpha value is -2.65. The first-order valence-corrected chi connectivity index (χ1v) is 10.7. The number of benzene rings is 1. The summed E-state index contributed by atoms with van der Waals surface area (Å²) in [5.41, 5.74) is 3.61. The molecule has 9 heteroatoms. The van der Waals surface area contributed by atoms with Gasteiger partial charge >= 0.3 is 0 Å². The number of carbonyl (C=O) groups excluding carboxylic acids is 1. The molecule has 0 aliphatic carbocycles. The van der Waals surface area contributed by atoms with Crippen LogP contribution in [0.5, 0.6) is 0 Å². The van der Waals surface area contributed by atoms with Crippen molar-refractivity contribution in [3.05, 3.63) is 41.7 Å². The Morgan fingerprint density at radius 3 is 2.86 bits per heavy atom. The van der Waals surface area contributed by atoms with E-state index in [1.165, 1.54) is 11.8 Å². The monoisotopic (exact) mass is 411 g/mol. The fourth-order valence-electron chi connectivity index (χ4n) is 3.55. The van der Waals surface area contributed by atoms with Gasteiger partial charge in [0.15, 0.2) is 5.58 Å². The number of hydrogen-bond acceptors (Lipinski definition) is 8. The lowest BCUT2D eigenvalue weighted by molar-refractivity contribution is -0.129. The highest BCUT2D eigenvalue weighted by atomic mass is 32.2. The van der Waals surface area contributed by atoms with E-state index in [2.05, 4.69) is 14.9 Å². The lowest BCUT2D eigenvalue weighted by Crippen LogP contribution is -2.40. The van der Waals surface area contributed by atoms with Gasteiger partial charge in [-0.15, -0.1) is 0 Å². The van der Waals surface area contributed by atoms with Gasteiger partial charge in [-0.3, -0.25) is 4.79 Å². The number of para-hydroxylation sites is 2. The predicted molar refractivity (Wildman–Crippen MR) is 109 cm³/mol. The number of carbonyl (C=O) groups is 1. The maximum Gasteiger partial charge on any atom is 0.257 e. The van der Waals surface area contributed by atoms with Gasteiger partial charge in [-0.05, 0) is 24.1 Å². The minimum atomic E-state index is 0.0643. The quantitative estimate of drug-likeness (QED) is 0.604. The van der Waals surface area contributed by atoms with Crippen molar-refractivity contribution in [2.75, 3.05) is 43.5 Å². The Morgan fingerprint density at radius 1 is 1.14 bits per heavy atom. The second kappa shape index (κ2) is 8.00. The highest BCUT2D eigenvalue weighted by Crippen LogP contribution is 2.25. The summed E-state index contributed by atoms with van der Waals surface area (Å²) in [5.74, 6) is 1.08. The molecule has 0 unspecified atom stereocenters. The van der Waals surface area contributed by atoms with Crippen molar-refractivity contribution in [2.24, 2.45) is 0 Å². The number of aromatic nitrogens is 3. The molecule has 1 fully saturated rings. The number of oxazole rings is 1. The van der Waals surface area contributed by atoms with E-state index in [0.717, 1.165) is 47.8 Å². The van der Waals surface area contributed by atoms with E-state index >= 15 is 0 Å². The first-order valence-electron chi connectivity index (χ1n) is 9.70. The summed E-state index contributed by atoms with van der Waals surface area (Å²) in [5, 5.41) is 0.522. The van der Waals surface area contributed by atoms with Gasteiger partial charge in [0.2, 0.25) is 11.9 Å². The first kappa shape index (κ1) is 18.4. The summed E-state index contributed by atoms with van der Waals surface area (Å²) in [6.45, 7) is 4.17. The minimum absolute atomic E-state index is 0.0643. The van der Waals surface area contributed by atoms with Crippen LogP contribution in [-0.2, 0) is 22.5 Å². The number of thioether (sulfide) groups is 1. The van der Waals surface area contributed by atoms with Crippen LogP contribution < -0.4 is 4.90 Å². The summed E-state index contributed by atoms with van der Waals surface area (Å²) in [4.78, 5) is 30.4. The van der Waals surface area contributed by atoms with Gasteiger partial charge in [0.05, 0.1) is 31.2 Å². The number of hydrogen-bond donors (Lipinski definition) is 0. The van der Waals surface area contributed by atoms with Crippen LogP contribution in [0.15, 0.2) is 40.1 Å². The molecule has 5 rings (SSSR count). The van der Waals surface area contributed by atoms with Crippen molar-refractivity contribution in [1.82, 2.24) is 19.9 Å². The average molecular weight is 411 g/mol. The van der Waals surface area contributed by atoms with Crippen LogP contribution in [0.3, 0.4) is 0 Å². The molecule has 0 saturated carbocycles. The first-order chi connectivity index (χ1) is 14.3.